The minimum atomic E-state index is -0.371. The number of hydrogen-bond acceptors (Lipinski definition) is 3. The molecule has 2 aromatic heterocycles. The lowest BCUT2D eigenvalue weighted by atomic mass is 9.95. The van der Waals surface area contributed by atoms with Crippen molar-refractivity contribution in [1.82, 2.24) is 14.2 Å². The highest BCUT2D eigenvalue weighted by atomic mass is 79.9. The van der Waals surface area contributed by atoms with E-state index in [1.165, 1.54) is 4.68 Å². The summed E-state index contributed by atoms with van der Waals surface area (Å²) < 4.78 is 4.33. The van der Waals surface area contributed by atoms with Crippen LogP contribution in [-0.4, -0.2) is 20.4 Å². The third-order valence-electron chi connectivity index (χ3n) is 5.31. The van der Waals surface area contributed by atoms with Gasteiger partial charge in [-0.2, -0.15) is 9.78 Å². The molecule has 0 aliphatic heterocycles. The maximum atomic E-state index is 13.4. The van der Waals surface area contributed by atoms with Crippen molar-refractivity contribution in [1.29, 1.82) is 0 Å². The standard InChI is InChI=1S/C25H23BrN4O/c1-6-13-29-16(2)20(18-9-7-8-10-22(18)29)15-27-30-23(31)19-14-17(26)11-12-21(19)28-24(30)25(3,4)5/h1,7-12,14-15H,13H2,2-5H3. The van der Waals surface area contributed by atoms with Crippen molar-refractivity contribution in [3.63, 3.8) is 0 Å². The third-order valence-corrected chi connectivity index (χ3v) is 5.80. The van der Waals surface area contributed by atoms with Gasteiger partial charge in [-0.15, -0.1) is 6.42 Å². The molecule has 0 unspecified atom stereocenters. The number of terminal acetylenes is 1. The zero-order chi connectivity index (χ0) is 22.3. The normalized spacial score (nSPS) is 12.1. The number of rotatable bonds is 3. The van der Waals surface area contributed by atoms with Crippen LogP contribution in [0.25, 0.3) is 21.8 Å². The zero-order valence-electron chi connectivity index (χ0n) is 18.0. The predicted octanol–water partition coefficient (Wildman–Crippen LogP) is 5.24. The Bertz CT molecular complexity index is 1450. The van der Waals surface area contributed by atoms with Crippen molar-refractivity contribution >= 4 is 44.0 Å². The molecule has 0 saturated carbocycles. The molecule has 5 nitrogen and oxygen atoms in total. The Labute approximate surface area is 189 Å². The first kappa shape index (κ1) is 21.1. The van der Waals surface area contributed by atoms with Gasteiger partial charge >= 0.3 is 0 Å². The lowest BCUT2D eigenvalue weighted by Gasteiger charge is -2.20. The summed E-state index contributed by atoms with van der Waals surface area (Å²) in [5, 5.41) is 6.20. The summed E-state index contributed by atoms with van der Waals surface area (Å²) in [5.41, 5.74) is 3.08. The van der Waals surface area contributed by atoms with E-state index in [4.69, 9.17) is 11.4 Å². The van der Waals surface area contributed by atoms with Crippen molar-refractivity contribution in [3.8, 4) is 12.3 Å². The molecule has 0 fully saturated rings. The average molecular weight is 475 g/mol. The molecule has 0 N–H and O–H groups in total. The molecule has 0 saturated heterocycles. The van der Waals surface area contributed by atoms with Gasteiger partial charge in [-0.3, -0.25) is 4.79 Å². The van der Waals surface area contributed by atoms with Gasteiger partial charge in [0.1, 0.15) is 5.82 Å². The van der Waals surface area contributed by atoms with Crippen LogP contribution in [0.5, 0.6) is 0 Å². The number of aromatic nitrogens is 3. The van der Waals surface area contributed by atoms with Gasteiger partial charge in [0.25, 0.3) is 5.56 Å². The smallest absolute Gasteiger partial charge is 0.282 e. The summed E-state index contributed by atoms with van der Waals surface area (Å²) in [7, 11) is 0. The van der Waals surface area contributed by atoms with Crippen molar-refractivity contribution in [2.75, 3.05) is 0 Å². The highest BCUT2D eigenvalue weighted by Crippen LogP contribution is 2.26. The lowest BCUT2D eigenvalue weighted by Crippen LogP contribution is -2.29. The predicted molar refractivity (Wildman–Crippen MR) is 131 cm³/mol. The fourth-order valence-corrected chi connectivity index (χ4v) is 4.13. The Kier molecular flexibility index (Phi) is 5.32. The Balaban J connectivity index is 1.97. The number of nitrogens with zero attached hydrogens (tertiary/aromatic N) is 4. The number of para-hydroxylation sites is 1. The molecule has 0 amide bonds. The minimum absolute atomic E-state index is 0.197. The fraction of sp³-hybridized carbons (Fsp3) is 0.240. The molecule has 0 spiro atoms. The molecule has 2 heterocycles. The third kappa shape index (κ3) is 3.70. The lowest BCUT2D eigenvalue weighted by molar-refractivity contribution is 0.506. The summed E-state index contributed by atoms with van der Waals surface area (Å²) in [6.45, 7) is 8.56. The maximum absolute atomic E-state index is 13.4. The van der Waals surface area contributed by atoms with E-state index in [-0.39, 0.29) is 11.0 Å². The van der Waals surface area contributed by atoms with Gasteiger partial charge in [0.2, 0.25) is 0 Å². The van der Waals surface area contributed by atoms with E-state index in [1.807, 2.05) is 64.1 Å². The Morgan fingerprint density at radius 3 is 2.65 bits per heavy atom. The number of fused-ring (bicyclic) bond motifs is 2. The Morgan fingerprint density at radius 1 is 1.19 bits per heavy atom. The van der Waals surface area contributed by atoms with E-state index >= 15 is 0 Å². The Morgan fingerprint density at radius 2 is 1.94 bits per heavy atom. The molecule has 2 aromatic carbocycles. The summed E-state index contributed by atoms with van der Waals surface area (Å²) in [5.74, 6) is 3.32. The molecule has 0 radical (unpaired) electrons. The molecule has 0 aliphatic rings. The molecule has 156 valence electrons. The van der Waals surface area contributed by atoms with E-state index < -0.39 is 0 Å². The summed E-state index contributed by atoms with van der Waals surface area (Å²) in [6, 6.07) is 13.6. The van der Waals surface area contributed by atoms with Crippen molar-refractivity contribution in [2.45, 2.75) is 39.7 Å². The summed E-state index contributed by atoms with van der Waals surface area (Å²) >= 11 is 3.45. The molecular weight excluding hydrogens is 452 g/mol. The van der Waals surface area contributed by atoms with Crippen LogP contribution in [0.3, 0.4) is 0 Å². The van der Waals surface area contributed by atoms with Gasteiger partial charge < -0.3 is 4.57 Å². The molecule has 4 rings (SSSR count). The fourth-order valence-electron chi connectivity index (χ4n) is 3.77. The van der Waals surface area contributed by atoms with Crippen LogP contribution < -0.4 is 5.56 Å². The van der Waals surface area contributed by atoms with Gasteiger partial charge in [0.05, 0.1) is 23.7 Å². The van der Waals surface area contributed by atoms with Crippen LogP contribution in [-0.2, 0) is 12.0 Å². The quantitative estimate of drug-likeness (QED) is 0.301. The second kappa shape index (κ2) is 7.82. The largest absolute Gasteiger partial charge is 0.333 e. The second-order valence-electron chi connectivity index (χ2n) is 8.51. The van der Waals surface area contributed by atoms with Crippen LogP contribution in [0.2, 0.25) is 0 Å². The highest BCUT2D eigenvalue weighted by Gasteiger charge is 2.23. The zero-order valence-corrected chi connectivity index (χ0v) is 19.6. The summed E-state index contributed by atoms with van der Waals surface area (Å²) in [6.07, 6.45) is 7.33. The Hall–Kier alpha value is -3.17. The maximum Gasteiger partial charge on any atom is 0.282 e. The first-order chi connectivity index (χ1) is 14.7. The van der Waals surface area contributed by atoms with Crippen molar-refractivity contribution in [3.05, 3.63) is 74.4 Å². The summed E-state index contributed by atoms with van der Waals surface area (Å²) in [4.78, 5) is 18.2. The molecule has 0 atom stereocenters. The molecule has 6 heteroatoms. The monoisotopic (exact) mass is 474 g/mol. The van der Waals surface area contributed by atoms with Gasteiger partial charge in [-0.1, -0.05) is 60.8 Å². The molecule has 4 aromatic rings. The molecule has 0 aliphatic carbocycles. The van der Waals surface area contributed by atoms with Crippen LogP contribution in [0.1, 0.15) is 37.9 Å². The van der Waals surface area contributed by atoms with Crippen LogP contribution in [0.4, 0.5) is 0 Å². The average Bonchev–Trinajstić information content (AvgIpc) is 2.98. The topological polar surface area (TPSA) is 52.2 Å². The SMILES string of the molecule is C#CCn1c(C)c(C=Nn2c(C(C)(C)C)nc3ccc(Br)cc3c2=O)c2ccccc21. The molecular formula is C25H23BrN4O. The van der Waals surface area contributed by atoms with E-state index in [9.17, 15) is 4.79 Å². The van der Waals surface area contributed by atoms with E-state index in [2.05, 4.69) is 31.5 Å². The van der Waals surface area contributed by atoms with Gasteiger partial charge in [-0.25, -0.2) is 4.98 Å². The van der Waals surface area contributed by atoms with Crippen LogP contribution >= 0.6 is 15.9 Å². The number of benzene rings is 2. The van der Waals surface area contributed by atoms with Crippen LogP contribution in [0, 0.1) is 19.3 Å². The van der Waals surface area contributed by atoms with E-state index in [1.54, 1.807) is 12.3 Å². The van der Waals surface area contributed by atoms with E-state index in [0.717, 1.165) is 26.6 Å². The number of hydrogen-bond donors (Lipinski definition) is 0. The first-order valence-corrected chi connectivity index (χ1v) is 10.8. The minimum Gasteiger partial charge on any atom is -0.333 e. The molecule has 0 bridgehead atoms. The second-order valence-corrected chi connectivity index (χ2v) is 9.43. The molecule has 31 heavy (non-hydrogen) atoms. The van der Waals surface area contributed by atoms with Crippen molar-refractivity contribution < 1.29 is 0 Å². The first-order valence-electron chi connectivity index (χ1n) is 10.0. The van der Waals surface area contributed by atoms with Crippen LogP contribution in [0.15, 0.2) is 56.8 Å². The van der Waals surface area contributed by atoms with E-state index in [0.29, 0.717) is 23.3 Å². The number of halogens is 1. The van der Waals surface area contributed by atoms with Gasteiger partial charge in [0.15, 0.2) is 0 Å². The van der Waals surface area contributed by atoms with Gasteiger partial charge in [-0.05, 0) is 31.2 Å². The van der Waals surface area contributed by atoms with Gasteiger partial charge in [0, 0.05) is 32.0 Å². The highest BCUT2D eigenvalue weighted by molar-refractivity contribution is 9.10. The van der Waals surface area contributed by atoms with Crippen molar-refractivity contribution in [2.24, 2.45) is 5.10 Å².